The molecule has 0 atom stereocenters. The summed E-state index contributed by atoms with van der Waals surface area (Å²) in [6, 6.07) is 14.6. The van der Waals surface area contributed by atoms with Crippen LogP contribution in [-0.2, 0) is 19.6 Å². The van der Waals surface area contributed by atoms with Gasteiger partial charge in [0.2, 0.25) is 0 Å². The maximum Gasteiger partial charge on any atom is 0.185 e. The third-order valence-electron chi connectivity index (χ3n) is 5.18. The molecule has 0 spiro atoms. The lowest BCUT2D eigenvalue weighted by Crippen LogP contribution is -2.11. The van der Waals surface area contributed by atoms with E-state index in [0.29, 0.717) is 29.3 Å². The number of Topliss-reactive ketones (excluding diaryl/α,β-unsaturated/α-hetero) is 1. The van der Waals surface area contributed by atoms with E-state index in [1.807, 2.05) is 24.3 Å². The highest BCUT2D eigenvalue weighted by Crippen LogP contribution is 2.25. The third kappa shape index (κ3) is 4.04. The summed E-state index contributed by atoms with van der Waals surface area (Å²) in [4.78, 5) is 17.6. The summed E-state index contributed by atoms with van der Waals surface area (Å²) < 4.78 is 35.2. The largest absolute Gasteiger partial charge is 0.485 e. The number of carbonyl (C=O) groups excluding carboxylic acids is 1. The highest BCUT2D eigenvalue weighted by Gasteiger charge is 2.20. The first-order chi connectivity index (χ1) is 15.0. The molecule has 2 N–H and O–H groups in total. The Balaban J connectivity index is 1.65. The number of aromatic nitrogens is 2. The molecule has 0 saturated carbocycles. The summed E-state index contributed by atoms with van der Waals surface area (Å²) >= 11 is 0. The van der Waals surface area contributed by atoms with Crippen molar-refractivity contribution in [3.63, 3.8) is 0 Å². The highest BCUT2D eigenvalue weighted by molar-refractivity contribution is 5.98. The van der Waals surface area contributed by atoms with Crippen LogP contribution in [0.5, 0.6) is 5.75 Å². The number of benzene rings is 2. The second-order valence-corrected chi connectivity index (χ2v) is 7.17. The van der Waals surface area contributed by atoms with Crippen molar-refractivity contribution in [1.29, 1.82) is 0 Å². The lowest BCUT2D eigenvalue weighted by molar-refractivity contribution is 0.0986. The van der Waals surface area contributed by atoms with Crippen molar-refractivity contribution < 1.29 is 18.3 Å². The number of imidazole rings is 1. The Morgan fingerprint density at radius 1 is 1.03 bits per heavy atom. The van der Waals surface area contributed by atoms with Crippen molar-refractivity contribution in [2.24, 2.45) is 5.73 Å². The van der Waals surface area contributed by atoms with E-state index >= 15 is 0 Å². The maximum absolute atomic E-state index is 13.9. The van der Waals surface area contributed by atoms with Crippen LogP contribution in [0.15, 0.2) is 60.8 Å². The van der Waals surface area contributed by atoms with Crippen LogP contribution in [0.2, 0.25) is 0 Å². The molecule has 0 radical (unpaired) electrons. The predicted octanol–water partition coefficient (Wildman–Crippen LogP) is 4.38. The number of aryl methyl sites for hydroxylation is 1. The minimum Gasteiger partial charge on any atom is -0.485 e. The number of ether oxygens (including phenoxy) is 1. The van der Waals surface area contributed by atoms with Crippen molar-refractivity contribution in [2.75, 3.05) is 0 Å². The monoisotopic (exact) mass is 421 g/mol. The van der Waals surface area contributed by atoms with Crippen LogP contribution in [0.25, 0.3) is 5.65 Å². The normalized spacial score (nSPS) is 11.1. The molecule has 7 heteroatoms. The number of fused-ring (bicyclic) bond motifs is 1. The van der Waals surface area contributed by atoms with Gasteiger partial charge in [0.1, 0.15) is 23.9 Å². The van der Waals surface area contributed by atoms with Crippen LogP contribution < -0.4 is 10.5 Å². The fourth-order valence-corrected chi connectivity index (χ4v) is 3.61. The molecule has 0 bridgehead atoms. The minimum absolute atomic E-state index is 0.108. The molecule has 5 nitrogen and oxygen atoms in total. The molecule has 0 amide bonds. The molecule has 0 saturated heterocycles. The van der Waals surface area contributed by atoms with Crippen LogP contribution in [0, 0.1) is 18.6 Å². The Labute approximate surface area is 178 Å². The Morgan fingerprint density at radius 2 is 1.74 bits per heavy atom. The zero-order valence-electron chi connectivity index (χ0n) is 16.9. The first-order valence-electron chi connectivity index (χ1n) is 9.83. The first kappa shape index (κ1) is 20.7. The van der Waals surface area contributed by atoms with E-state index in [1.54, 1.807) is 29.7 Å². The molecule has 0 fully saturated rings. The fraction of sp³-hybridized carbons (Fsp3) is 0.167. The number of hydrogen-bond acceptors (Lipinski definition) is 4. The van der Waals surface area contributed by atoms with Gasteiger partial charge in [-0.2, -0.15) is 0 Å². The van der Waals surface area contributed by atoms with Crippen molar-refractivity contribution in [1.82, 2.24) is 9.38 Å². The van der Waals surface area contributed by atoms with Gasteiger partial charge in [0.25, 0.3) is 0 Å². The molecule has 2 aromatic heterocycles. The summed E-state index contributed by atoms with van der Waals surface area (Å²) in [5, 5.41) is 0. The molecular formula is C24H21F2N3O2. The number of nitrogens with zero attached hydrogens (tertiary/aromatic N) is 2. The first-order valence-corrected chi connectivity index (χ1v) is 9.83. The third-order valence-corrected chi connectivity index (χ3v) is 5.18. The van der Waals surface area contributed by atoms with Gasteiger partial charge in [-0.3, -0.25) is 9.20 Å². The Bertz CT molecular complexity index is 1250. The molecular weight excluding hydrogens is 400 g/mol. The average molecular weight is 421 g/mol. The molecule has 0 aliphatic carbocycles. The zero-order valence-corrected chi connectivity index (χ0v) is 16.9. The van der Waals surface area contributed by atoms with Crippen molar-refractivity contribution in [2.45, 2.75) is 26.5 Å². The standard InChI is InChI=1S/C24H21F2N3O2/c1-15-23(21(30)12-16-6-2-3-7-17(16)13-27)29-11-5-10-22(24(29)28-15)31-14-18-19(25)8-4-9-20(18)26/h2-11H,12-14,27H2,1H3. The van der Waals surface area contributed by atoms with Crippen molar-refractivity contribution >= 4 is 11.4 Å². The van der Waals surface area contributed by atoms with Gasteiger partial charge < -0.3 is 10.5 Å². The number of halogens is 2. The highest BCUT2D eigenvalue weighted by atomic mass is 19.1. The van der Waals surface area contributed by atoms with Gasteiger partial charge in [-0.25, -0.2) is 13.8 Å². The van der Waals surface area contributed by atoms with Gasteiger partial charge in [0.15, 0.2) is 17.2 Å². The fourth-order valence-electron chi connectivity index (χ4n) is 3.61. The van der Waals surface area contributed by atoms with E-state index in [2.05, 4.69) is 4.98 Å². The topological polar surface area (TPSA) is 69.6 Å². The molecule has 2 aromatic carbocycles. The van der Waals surface area contributed by atoms with Gasteiger partial charge >= 0.3 is 0 Å². The molecule has 0 unspecified atom stereocenters. The smallest absolute Gasteiger partial charge is 0.185 e. The molecule has 2 heterocycles. The van der Waals surface area contributed by atoms with Gasteiger partial charge in [-0.05, 0) is 42.3 Å². The molecule has 31 heavy (non-hydrogen) atoms. The minimum atomic E-state index is -0.680. The van der Waals surface area contributed by atoms with E-state index in [9.17, 15) is 13.6 Å². The molecule has 4 aromatic rings. The number of carbonyl (C=O) groups is 1. The number of rotatable bonds is 7. The van der Waals surface area contributed by atoms with E-state index in [-0.39, 0.29) is 24.4 Å². The summed E-state index contributed by atoms with van der Waals surface area (Å²) in [7, 11) is 0. The quantitative estimate of drug-likeness (QED) is 0.450. The Kier molecular flexibility index (Phi) is 5.77. The summed E-state index contributed by atoms with van der Waals surface area (Å²) in [6.07, 6.45) is 1.90. The van der Waals surface area contributed by atoms with Crippen molar-refractivity contribution in [3.8, 4) is 5.75 Å². The Hall–Kier alpha value is -3.58. The van der Waals surface area contributed by atoms with Crippen LogP contribution in [0.4, 0.5) is 8.78 Å². The second kappa shape index (κ2) is 8.65. The van der Waals surface area contributed by atoms with E-state index in [1.165, 1.54) is 18.2 Å². The molecule has 4 rings (SSSR count). The maximum atomic E-state index is 13.9. The van der Waals surface area contributed by atoms with E-state index in [0.717, 1.165) is 11.1 Å². The number of hydrogen-bond donors (Lipinski definition) is 1. The van der Waals surface area contributed by atoms with Gasteiger partial charge in [-0.15, -0.1) is 0 Å². The van der Waals surface area contributed by atoms with Gasteiger partial charge in [0.05, 0.1) is 11.3 Å². The molecule has 158 valence electrons. The van der Waals surface area contributed by atoms with Crippen LogP contribution in [0.1, 0.15) is 32.9 Å². The SMILES string of the molecule is Cc1nc2c(OCc3c(F)cccc3F)cccn2c1C(=O)Cc1ccccc1CN. The lowest BCUT2D eigenvalue weighted by Gasteiger charge is -2.10. The Morgan fingerprint density at radius 3 is 2.45 bits per heavy atom. The van der Waals surface area contributed by atoms with Crippen molar-refractivity contribution in [3.05, 3.63) is 101 Å². The lowest BCUT2D eigenvalue weighted by atomic mass is 10.0. The van der Waals surface area contributed by atoms with Gasteiger partial charge in [-0.1, -0.05) is 30.3 Å². The summed E-state index contributed by atoms with van der Waals surface area (Å²) in [6.45, 7) is 1.80. The zero-order chi connectivity index (χ0) is 22.0. The summed E-state index contributed by atoms with van der Waals surface area (Å²) in [5.74, 6) is -1.14. The van der Waals surface area contributed by atoms with E-state index in [4.69, 9.17) is 10.5 Å². The molecule has 0 aliphatic rings. The van der Waals surface area contributed by atoms with Crippen LogP contribution >= 0.6 is 0 Å². The van der Waals surface area contributed by atoms with Crippen LogP contribution in [0.3, 0.4) is 0 Å². The number of nitrogens with two attached hydrogens (primary N) is 1. The average Bonchev–Trinajstić information content (AvgIpc) is 3.10. The number of ketones is 1. The predicted molar refractivity (Wildman–Crippen MR) is 113 cm³/mol. The van der Waals surface area contributed by atoms with Gasteiger partial charge in [0, 0.05) is 19.2 Å². The molecule has 0 aliphatic heterocycles. The number of pyridine rings is 1. The second-order valence-electron chi connectivity index (χ2n) is 7.17. The van der Waals surface area contributed by atoms with Crippen LogP contribution in [-0.4, -0.2) is 15.2 Å². The van der Waals surface area contributed by atoms with E-state index < -0.39 is 11.6 Å². The summed E-state index contributed by atoms with van der Waals surface area (Å²) in [5.41, 5.74) is 8.80.